The van der Waals surface area contributed by atoms with Gasteiger partial charge >= 0.3 is 6.18 Å². The van der Waals surface area contributed by atoms with E-state index in [4.69, 9.17) is 23.2 Å². The zero-order valence-corrected chi connectivity index (χ0v) is 16.6. The van der Waals surface area contributed by atoms with E-state index in [9.17, 15) is 18.0 Å². The molecule has 0 radical (unpaired) electrons. The van der Waals surface area contributed by atoms with Gasteiger partial charge in [-0.05, 0) is 42.5 Å². The van der Waals surface area contributed by atoms with Crippen molar-refractivity contribution in [2.75, 3.05) is 5.32 Å². The fourth-order valence-electron chi connectivity index (χ4n) is 2.95. The van der Waals surface area contributed by atoms with Crippen LogP contribution in [-0.4, -0.2) is 15.3 Å². The van der Waals surface area contributed by atoms with Gasteiger partial charge in [0.05, 0.1) is 15.6 Å². The van der Waals surface area contributed by atoms with E-state index in [1.54, 1.807) is 28.8 Å². The van der Waals surface area contributed by atoms with Crippen LogP contribution in [-0.2, 0) is 6.18 Å². The van der Waals surface area contributed by atoms with Gasteiger partial charge in [-0.15, -0.1) is 0 Å². The minimum absolute atomic E-state index is 0.227. The number of hydrogen-bond acceptors (Lipinski definition) is 2. The molecule has 0 aliphatic carbocycles. The van der Waals surface area contributed by atoms with E-state index in [0.717, 1.165) is 12.1 Å². The third-order valence-electron chi connectivity index (χ3n) is 4.43. The van der Waals surface area contributed by atoms with Crippen LogP contribution in [0.5, 0.6) is 0 Å². The average Bonchev–Trinajstić information content (AvgIpc) is 3.08. The smallest absolute Gasteiger partial charge is 0.306 e. The second kappa shape index (κ2) is 7.66. The molecule has 0 spiro atoms. The van der Waals surface area contributed by atoms with Crippen LogP contribution in [0.1, 0.15) is 15.9 Å². The Morgan fingerprint density at radius 2 is 1.70 bits per heavy atom. The van der Waals surface area contributed by atoms with E-state index >= 15 is 0 Å². The van der Waals surface area contributed by atoms with Gasteiger partial charge < -0.3 is 5.32 Å². The standard InChI is InChI=1S/C21H12Cl2F3N3O/c22-15-9-6-13(11-16(15)23)20(30)28-19-18(27-17-3-1-2-10-29(17)19)12-4-7-14(8-5-12)21(24,25)26/h1-11H,(H,28,30). The number of hydrogen-bond donors (Lipinski definition) is 1. The van der Waals surface area contributed by atoms with Crippen LogP contribution in [0.25, 0.3) is 16.9 Å². The molecule has 0 saturated carbocycles. The first-order valence-electron chi connectivity index (χ1n) is 8.65. The predicted molar refractivity (Wildman–Crippen MR) is 110 cm³/mol. The van der Waals surface area contributed by atoms with Crippen molar-refractivity contribution in [2.24, 2.45) is 0 Å². The zero-order valence-electron chi connectivity index (χ0n) is 15.0. The molecule has 4 aromatic rings. The molecule has 4 nitrogen and oxygen atoms in total. The zero-order chi connectivity index (χ0) is 21.5. The number of carbonyl (C=O) groups is 1. The molecule has 2 heterocycles. The molecule has 0 aliphatic heterocycles. The molecule has 0 fully saturated rings. The highest BCUT2D eigenvalue weighted by molar-refractivity contribution is 6.42. The number of carbonyl (C=O) groups excluding carboxylic acids is 1. The topological polar surface area (TPSA) is 46.4 Å². The van der Waals surface area contributed by atoms with Gasteiger partial charge in [-0.1, -0.05) is 41.4 Å². The maximum atomic E-state index is 12.9. The van der Waals surface area contributed by atoms with Crippen molar-refractivity contribution in [2.45, 2.75) is 6.18 Å². The van der Waals surface area contributed by atoms with Crippen LogP contribution in [0.3, 0.4) is 0 Å². The lowest BCUT2D eigenvalue weighted by Gasteiger charge is -2.10. The highest BCUT2D eigenvalue weighted by atomic mass is 35.5. The Bertz CT molecular complexity index is 1250. The van der Waals surface area contributed by atoms with Gasteiger partial charge in [-0.2, -0.15) is 13.2 Å². The number of nitrogens with zero attached hydrogens (tertiary/aromatic N) is 2. The minimum atomic E-state index is -4.44. The van der Waals surface area contributed by atoms with Gasteiger partial charge in [0.25, 0.3) is 5.91 Å². The molecule has 2 aromatic heterocycles. The van der Waals surface area contributed by atoms with Crippen LogP contribution >= 0.6 is 23.2 Å². The van der Waals surface area contributed by atoms with Gasteiger partial charge in [0, 0.05) is 17.3 Å². The summed E-state index contributed by atoms with van der Waals surface area (Å²) in [4.78, 5) is 17.3. The fraction of sp³-hybridized carbons (Fsp3) is 0.0476. The highest BCUT2D eigenvalue weighted by Gasteiger charge is 2.30. The van der Waals surface area contributed by atoms with Crippen molar-refractivity contribution >= 4 is 40.6 Å². The van der Waals surface area contributed by atoms with Gasteiger partial charge in [0.2, 0.25) is 0 Å². The summed E-state index contributed by atoms with van der Waals surface area (Å²) in [6, 6.07) is 14.3. The van der Waals surface area contributed by atoms with E-state index in [0.29, 0.717) is 27.7 Å². The second-order valence-electron chi connectivity index (χ2n) is 6.40. The van der Waals surface area contributed by atoms with Gasteiger partial charge in [-0.3, -0.25) is 9.20 Å². The number of imidazole rings is 1. The molecule has 1 amide bonds. The molecule has 4 rings (SSSR count). The van der Waals surface area contributed by atoms with Crippen molar-refractivity contribution in [3.05, 3.63) is 88.0 Å². The lowest BCUT2D eigenvalue weighted by molar-refractivity contribution is -0.137. The van der Waals surface area contributed by atoms with Crippen molar-refractivity contribution in [1.82, 2.24) is 9.38 Å². The molecule has 0 bridgehead atoms. The summed E-state index contributed by atoms with van der Waals surface area (Å²) in [5.74, 6) is -0.145. The summed E-state index contributed by atoms with van der Waals surface area (Å²) in [6.45, 7) is 0. The summed E-state index contributed by atoms with van der Waals surface area (Å²) in [6.07, 6.45) is -2.75. The summed E-state index contributed by atoms with van der Waals surface area (Å²) < 4.78 is 40.3. The number of fused-ring (bicyclic) bond motifs is 1. The van der Waals surface area contributed by atoms with E-state index in [-0.39, 0.29) is 10.6 Å². The van der Waals surface area contributed by atoms with E-state index in [1.807, 2.05) is 0 Å². The Morgan fingerprint density at radius 1 is 0.967 bits per heavy atom. The summed E-state index contributed by atoms with van der Waals surface area (Å²) in [5.41, 5.74) is 0.793. The Hall–Kier alpha value is -3.03. The molecular weight excluding hydrogens is 438 g/mol. The first-order valence-corrected chi connectivity index (χ1v) is 9.41. The Labute approximate surface area is 178 Å². The monoisotopic (exact) mass is 449 g/mol. The molecule has 30 heavy (non-hydrogen) atoms. The van der Waals surface area contributed by atoms with E-state index in [2.05, 4.69) is 10.3 Å². The Morgan fingerprint density at radius 3 is 2.37 bits per heavy atom. The number of anilines is 1. The number of amides is 1. The van der Waals surface area contributed by atoms with Crippen LogP contribution in [0, 0.1) is 0 Å². The predicted octanol–water partition coefficient (Wildman–Crippen LogP) is 6.58. The van der Waals surface area contributed by atoms with Crippen LogP contribution in [0.2, 0.25) is 10.0 Å². The number of aromatic nitrogens is 2. The van der Waals surface area contributed by atoms with Crippen molar-refractivity contribution in [3.8, 4) is 11.3 Å². The first-order chi connectivity index (χ1) is 14.2. The number of halogens is 5. The number of alkyl halides is 3. The highest BCUT2D eigenvalue weighted by Crippen LogP contribution is 2.34. The summed E-state index contributed by atoms with van der Waals surface area (Å²) >= 11 is 11.9. The van der Waals surface area contributed by atoms with Crippen molar-refractivity contribution < 1.29 is 18.0 Å². The van der Waals surface area contributed by atoms with Gasteiger partial charge in [0.15, 0.2) is 0 Å². The SMILES string of the molecule is O=C(Nc1c(-c2ccc(C(F)(F)F)cc2)nc2ccccn12)c1ccc(Cl)c(Cl)c1. The van der Waals surface area contributed by atoms with E-state index in [1.165, 1.54) is 30.3 Å². The number of nitrogens with one attached hydrogen (secondary N) is 1. The molecule has 0 unspecified atom stereocenters. The molecule has 2 aromatic carbocycles. The number of pyridine rings is 1. The summed E-state index contributed by atoms with van der Waals surface area (Å²) in [7, 11) is 0. The summed E-state index contributed by atoms with van der Waals surface area (Å²) in [5, 5.41) is 3.32. The molecular formula is C21H12Cl2F3N3O. The molecule has 0 atom stereocenters. The fourth-order valence-corrected chi connectivity index (χ4v) is 3.25. The van der Waals surface area contributed by atoms with E-state index < -0.39 is 17.6 Å². The first kappa shape index (κ1) is 20.3. The molecule has 152 valence electrons. The normalized spacial score (nSPS) is 11.6. The van der Waals surface area contributed by atoms with Crippen molar-refractivity contribution in [3.63, 3.8) is 0 Å². The molecule has 9 heteroatoms. The largest absolute Gasteiger partial charge is 0.416 e. The lowest BCUT2D eigenvalue weighted by atomic mass is 10.1. The van der Waals surface area contributed by atoms with Gasteiger partial charge in [-0.25, -0.2) is 4.98 Å². The van der Waals surface area contributed by atoms with Crippen LogP contribution < -0.4 is 5.32 Å². The quantitative estimate of drug-likeness (QED) is 0.383. The minimum Gasteiger partial charge on any atom is -0.306 e. The maximum Gasteiger partial charge on any atom is 0.416 e. The molecule has 0 saturated heterocycles. The lowest BCUT2D eigenvalue weighted by Crippen LogP contribution is -2.14. The third kappa shape index (κ3) is 3.86. The average molecular weight is 450 g/mol. The van der Waals surface area contributed by atoms with Gasteiger partial charge in [0.1, 0.15) is 17.2 Å². The Kier molecular flexibility index (Phi) is 5.17. The number of benzene rings is 2. The third-order valence-corrected chi connectivity index (χ3v) is 5.17. The van der Waals surface area contributed by atoms with Crippen LogP contribution in [0.15, 0.2) is 66.9 Å². The Balaban J connectivity index is 1.77. The molecule has 1 N–H and O–H groups in total. The van der Waals surface area contributed by atoms with Crippen LogP contribution in [0.4, 0.5) is 19.0 Å². The maximum absolute atomic E-state index is 12.9. The second-order valence-corrected chi connectivity index (χ2v) is 7.21. The number of rotatable bonds is 3. The van der Waals surface area contributed by atoms with Crippen molar-refractivity contribution in [1.29, 1.82) is 0 Å². The molecule has 0 aliphatic rings.